The lowest BCUT2D eigenvalue weighted by atomic mass is 10.1. The molecule has 0 spiro atoms. The zero-order valence-corrected chi connectivity index (χ0v) is 20.9. The highest BCUT2D eigenvalue weighted by Crippen LogP contribution is 2.19. The number of aliphatic imine (C=N–C) groups is 1. The Bertz CT molecular complexity index is 804. The van der Waals surface area contributed by atoms with Gasteiger partial charge in [-0.3, -0.25) is 4.90 Å². The summed E-state index contributed by atoms with van der Waals surface area (Å²) >= 11 is 1.77. The number of thiophene rings is 1. The van der Waals surface area contributed by atoms with Crippen molar-refractivity contribution < 1.29 is 4.74 Å². The molecule has 1 unspecified atom stereocenters. The first-order chi connectivity index (χ1) is 14.2. The number of nitrogens with one attached hydrogen (secondary N) is 1. The summed E-state index contributed by atoms with van der Waals surface area (Å²) in [7, 11) is 1.99. The van der Waals surface area contributed by atoms with E-state index in [1.54, 1.807) is 11.3 Å². The lowest BCUT2D eigenvalue weighted by molar-refractivity contribution is 0.0315. The van der Waals surface area contributed by atoms with E-state index in [9.17, 15) is 0 Å². The largest absolute Gasteiger partial charge is 0.379 e. The molecule has 0 bridgehead atoms. The Labute approximate surface area is 199 Å². The van der Waals surface area contributed by atoms with Gasteiger partial charge in [-0.05, 0) is 30.7 Å². The number of hydrogen-bond acceptors (Lipinski definition) is 6. The Morgan fingerprint density at radius 3 is 2.83 bits per heavy atom. The third-order valence-corrected chi connectivity index (χ3v) is 6.64. The summed E-state index contributed by atoms with van der Waals surface area (Å²) in [5.41, 5.74) is 0. The Morgan fingerprint density at radius 2 is 2.13 bits per heavy atom. The number of rotatable bonds is 6. The number of aromatic nitrogens is 3. The molecule has 0 aromatic carbocycles. The van der Waals surface area contributed by atoms with Crippen LogP contribution in [0.3, 0.4) is 0 Å². The number of ether oxygens (including phenoxy) is 1. The van der Waals surface area contributed by atoms with Gasteiger partial charge in [-0.1, -0.05) is 6.07 Å². The van der Waals surface area contributed by atoms with Gasteiger partial charge in [0.15, 0.2) is 11.8 Å². The van der Waals surface area contributed by atoms with Gasteiger partial charge in [0.05, 0.1) is 19.8 Å². The molecular formula is C20H32IN7OS. The van der Waals surface area contributed by atoms with Crippen LogP contribution >= 0.6 is 35.3 Å². The highest BCUT2D eigenvalue weighted by molar-refractivity contribution is 14.0. The Kier molecular flexibility index (Phi) is 8.90. The van der Waals surface area contributed by atoms with Crippen LogP contribution in [0.1, 0.15) is 22.9 Å². The zero-order valence-electron chi connectivity index (χ0n) is 17.8. The summed E-state index contributed by atoms with van der Waals surface area (Å²) in [6, 6.07) is 4.25. The molecule has 1 atom stereocenters. The van der Waals surface area contributed by atoms with Crippen molar-refractivity contribution in [1.29, 1.82) is 0 Å². The molecule has 166 valence electrons. The van der Waals surface area contributed by atoms with Crippen molar-refractivity contribution in [2.24, 2.45) is 18.0 Å². The average Bonchev–Trinajstić information content (AvgIpc) is 3.48. The van der Waals surface area contributed by atoms with Gasteiger partial charge in [-0.25, -0.2) is 4.99 Å². The van der Waals surface area contributed by atoms with Crippen LogP contribution in [-0.4, -0.2) is 76.5 Å². The van der Waals surface area contributed by atoms with E-state index in [-0.39, 0.29) is 24.0 Å². The lowest BCUT2D eigenvalue weighted by Gasteiger charge is -2.29. The first-order valence-electron chi connectivity index (χ1n) is 10.4. The van der Waals surface area contributed by atoms with Crippen LogP contribution in [0.25, 0.3) is 0 Å². The maximum atomic E-state index is 5.48. The highest BCUT2D eigenvalue weighted by Gasteiger charge is 2.27. The summed E-state index contributed by atoms with van der Waals surface area (Å²) in [5, 5.41) is 14.1. The third kappa shape index (κ3) is 6.14. The molecule has 30 heavy (non-hydrogen) atoms. The molecule has 4 rings (SSSR count). The van der Waals surface area contributed by atoms with Crippen molar-refractivity contribution in [2.45, 2.75) is 26.4 Å². The summed E-state index contributed by atoms with van der Waals surface area (Å²) in [6.07, 6.45) is 1.21. The Balaban J connectivity index is 0.00000256. The van der Waals surface area contributed by atoms with Gasteiger partial charge in [0, 0.05) is 44.6 Å². The van der Waals surface area contributed by atoms with Crippen LogP contribution in [0.5, 0.6) is 0 Å². The van der Waals surface area contributed by atoms with E-state index < -0.39 is 0 Å². The molecule has 0 radical (unpaired) electrons. The molecule has 0 aliphatic carbocycles. The summed E-state index contributed by atoms with van der Waals surface area (Å²) < 4.78 is 7.49. The van der Waals surface area contributed by atoms with E-state index in [4.69, 9.17) is 9.73 Å². The number of guanidine groups is 1. The lowest BCUT2D eigenvalue weighted by Crippen LogP contribution is -2.42. The molecule has 10 heteroatoms. The first-order valence-corrected chi connectivity index (χ1v) is 11.3. The quantitative estimate of drug-likeness (QED) is 0.341. The SMILES string of the molecule is Cc1nnc(CN=C(NCc2cccs2)N2CCC(CN3CCOCC3)C2)n1C.I. The predicted octanol–water partition coefficient (Wildman–Crippen LogP) is 2.10. The third-order valence-electron chi connectivity index (χ3n) is 5.76. The Morgan fingerprint density at radius 1 is 1.30 bits per heavy atom. The number of hydrogen-bond donors (Lipinski definition) is 1. The molecule has 2 aromatic rings. The smallest absolute Gasteiger partial charge is 0.194 e. The summed E-state index contributed by atoms with van der Waals surface area (Å²) in [6.45, 7) is 10.4. The van der Waals surface area contributed by atoms with Crippen molar-refractivity contribution >= 4 is 41.3 Å². The molecule has 2 fully saturated rings. The average molecular weight is 545 g/mol. The predicted molar refractivity (Wildman–Crippen MR) is 130 cm³/mol. The second-order valence-electron chi connectivity index (χ2n) is 7.81. The Hall–Kier alpha value is -1.24. The molecule has 2 aliphatic rings. The van der Waals surface area contributed by atoms with Crippen LogP contribution in [0, 0.1) is 12.8 Å². The van der Waals surface area contributed by atoms with Crippen molar-refractivity contribution in [3.05, 3.63) is 34.0 Å². The van der Waals surface area contributed by atoms with E-state index in [0.29, 0.717) is 12.5 Å². The van der Waals surface area contributed by atoms with E-state index in [0.717, 1.165) is 70.1 Å². The van der Waals surface area contributed by atoms with E-state index in [1.807, 2.05) is 18.5 Å². The normalized spacial score (nSPS) is 20.4. The number of aryl methyl sites for hydroxylation is 1. The maximum Gasteiger partial charge on any atom is 0.194 e. The van der Waals surface area contributed by atoms with Crippen LogP contribution in [0.15, 0.2) is 22.5 Å². The number of nitrogens with zero attached hydrogens (tertiary/aromatic N) is 6. The molecular weight excluding hydrogens is 513 g/mol. The second kappa shape index (κ2) is 11.4. The van der Waals surface area contributed by atoms with Crippen LogP contribution in [0.4, 0.5) is 0 Å². The minimum absolute atomic E-state index is 0. The van der Waals surface area contributed by atoms with Gasteiger partial charge in [-0.15, -0.1) is 45.5 Å². The summed E-state index contributed by atoms with van der Waals surface area (Å²) in [4.78, 5) is 11.2. The fraction of sp³-hybridized carbons (Fsp3) is 0.650. The van der Waals surface area contributed by atoms with Gasteiger partial charge < -0.3 is 19.5 Å². The topological polar surface area (TPSA) is 70.8 Å². The molecule has 4 heterocycles. The van der Waals surface area contributed by atoms with Crippen LogP contribution in [-0.2, 0) is 24.9 Å². The molecule has 2 saturated heterocycles. The van der Waals surface area contributed by atoms with Crippen LogP contribution < -0.4 is 5.32 Å². The number of halogens is 1. The fourth-order valence-corrected chi connectivity index (χ4v) is 4.55. The van der Waals surface area contributed by atoms with Crippen LogP contribution in [0.2, 0.25) is 0 Å². The maximum absolute atomic E-state index is 5.48. The highest BCUT2D eigenvalue weighted by atomic mass is 127. The number of likely N-dealkylation sites (tertiary alicyclic amines) is 1. The molecule has 2 aliphatic heterocycles. The molecule has 8 nitrogen and oxygen atoms in total. The minimum Gasteiger partial charge on any atom is -0.379 e. The molecule has 0 saturated carbocycles. The zero-order chi connectivity index (χ0) is 20.1. The fourth-order valence-electron chi connectivity index (χ4n) is 3.90. The molecule has 0 amide bonds. The van der Waals surface area contributed by atoms with Gasteiger partial charge in [0.2, 0.25) is 0 Å². The van der Waals surface area contributed by atoms with E-state index in [2.05, 4.69) is 42.8 Å². The van der Waals surface area contributed by atoms with E-state index >= 15 is 0 Å². The van der Waals surface area contributed by atoms with Gasteiger partial charge in [-0.2, -0.15) is 0 Å². The van der Waals surface area contributed by atoms with E-state index in [1.165, 1.54) is 11.3 Å². The van der Waals surface area contributed by atoms with Crippen molar-refractivity contribution in [1.82, 2.24) is 29.9 Å². The van der Waals surface area contributed by atoms with Crippen molar-refractivity contribution in [2.75, 3.05) is 45.9 Å². The molecule has 2 aromatic heterocycles. The monoisotopic (exact) mass is 545 g/mol. The summed E-state index contributed by atoms with van der Waals surface area (Å²) in [5.74, 6) is 3.46. The number of morpholine rings is 1. The van der Waals surface area contributed by atoms with Gasteiger partial charge in [0.25, 0.3) is 0 Å². The first kappa shape index (κ1) is 23.4. The van der Waals surface area contributed by atoms with Crippen molar-refractivity contribution in [3.8, 4) is 0 Å². The minimum atomic E-state index is 0. The second-order valence-corrected chi connectivity index (χ2v) is 8.84. The van der Waals surface area contributed by atoms with Crippen molar-refractivity contribution in [3.63, 3.8) is 0 Å². The van der Waals surface area contributed by atoms with Gasteiger partial charge in [0.1, 0.15) is 12.4 Å². The standard InChI is InChI=1S/C20H31N7OS.HI/c1-16-23-24-19(25(16)2)13-22-20(21-12-18-4-3-11-29-18)27-6-5-17(15-27)14-26-7-9-28-10-8-26;/h3-4,11,17H,5-10,12-15H2,1-2H3,(H,21,22);1H. The molecule has 1 N–H and O–H groups in total. The van der Waals surface area contributed by atoms with Gasteiger partial charge >= 0.3 is 0 Å².